The fraction of sp³-hybridized carbons (Fsp3) is 0.615. The van der Waals surface area contributed by atoms with E-state index in [-0.39, 0.29) is 5.91 Å². The maximum atomic E-state index is 12.3. The van der Waals surface area contributed by atoms with Gasteiger partial charge in [0.25, 0.3) is 5.91 Å². The minimum atomic E-state index is 0.105. The number of rotatable bonds is 3. The predicted molar refractivity (Wildman–Crippen MR) is 73.1 cm³/mol. The SMILES string of the molecule is COc1csc(C(=O)N2CCC(C)C(CN)C2)c1. The lowest BCUT2D eigenvalue weighted by Crippen LogP contribution is -2.45. The molecule has 1 aromatic heterocycles. The number of carbonyl (C=O) groups is 1. The molecule has 100 valence electrons. The summed E-state index contributed by atoms with van der Waals surface area (Å²) in [5.74, 6) is 1.89. The molecule has 18 heavy (non-hydrogen) atoms. The standard InChI is InChI=1S/C13H20N2O2S/c1-9-3-4-15(7-10(9)6-14)13(16)12-5-11(17-2)8-18-12/h5,8-10H,3-4,6-7,14H2,1-2H3. The minimum absolute atomic E-state index is 0.105. The fourth-order valence-electron chi connectivity index (χ4n) is 2.33. The number of methoxy groups -OCH3 is 1. The molecule has 5 heteroatoms. The molecule has 2 atom stereocenters. The van der Waals surface area contributed by atoms with Gasteiger partial charge in [0.15, 0.2) is 0 Å². The van der Waals surface area contributed by atoms with E-state index in [1.165, 1.54) is 11.3 Å². The average molecular weight is 268 g/mol. The fourth-order valence-corrected chi connectivity index (χ4v) is 3.16. The second kappa shape index (κ2) is 5.71. The van der Waals surface area contributed by atoms with Gasteiger partial charge in [-0.2, -0.15) is 0 Å². The summed E-state index contributed by atoms with van der Waals surface area (Å²) < 4.78 is 5.11. The molecule has 2 heterocycles. The van der Waals surface area contributed by atoms with Crippen LogP contribution >= 0.6 is 11.3 Å². The molecule has 2 unspecified atom stereocenters. The summed E-state index contributed by atoms with van der Waals surface area (Å²) in [6, 6.07) is 1.81. The molecule has 2 N–H and O–H groups in total. The number of nitrogens with zero attached hydrogens (tertiary/aromatic N) is 1. The Bertz CT molecular complexity index is 419. The van der Waals surface area contributed by atoms with Crippen molar-refractivity contribution < 1.29 is 9.53 Å². The van der Waals surface area contributed by atoms with Crippen LogP contribution in [-0.4, -0.2) is 37.6 Å². The zero-order valence-corrected chi connectivity index (χ0v) is 11.7. The number of ether oxygens (including phenoxy) is 1. The van der Waals surface area contributed by atoms with Crippen LogP contribution in [0.15, 0.2) is 11.4 Å². The Morgan fingerprint density at radius 2 is 2.44 bits per heavy atom. The predicted octanol–water partition coefficient (Wildman–Crippen LogP) is 1.81. The van der Waals surface area contributed by atoms with Gasteiger partial charge in [0.1, 0.15) is 5.75 Å². The highest BCUT2D eigenvalue weighted by Gasteiger charge is 2.29. The summed E-state index contributed by atoms with van der Waals surface area (Å²) >= 11 is 1.44. The first kappa shape index (κ1) is 13.4. The lowest BCUT2D eigenvalue weighted by molar-refractivity contribution is 0.0623. The Morgan fingerprint density at radius 1 is 1.67 bits per heavy atom. The minimum Gasteiger partial charge on any atom is -0.496 e. The van der Waals surface area contributed by atoms with E-state index in [4.69, 9.17) is 10.5 Å². The van der Waals surface area contributed by atoms with Gasteiger partial charge in [0.05, 0.1) is 12.0 Å². The summed E-state index contributed by atoms with van der Waals surface area (Å²) in [4.78, 5) is 15.0. The summed E-state index contributed by atoms with van der Waals surface area (Å²) in [6.45, 7) is 4.47. The lowest BCUT2D eigenvalue weighted by Gasteiger charge is -2.36. The highest BCUT2D eigenvalue weighted by Crippen LogP contribution is 2.27. The Labute approximate surface area is 112 Å². The highest BCUT2D eigenvalue weighted by atomic mass is 32.1. The molecule has 1 aromatic rings. The van der Waals surface area contributed by atoms with Gasteiger partial charge in [-0.3, -0.25) is 4.79 Å². The summed E-state index contributed by atoms with van der Waals surface area (Å²) in [7, 11) is 1.61. The van der Waals surface area contributed by atoms with Crippen LogP contribution in [0.3, 0.4) is 0 Å². The van der Waals surface area contributed by atoms with Crippen molar-refractivity contribution >= 4 is 17.2 Å². The Kier molecular flexibility index (Phi) is 4.24. The number of hydrogen-bond acceptors (Lipinski definition) is 4. The number of amides is 1. The van der Waals surface area contributed by atoms with Gasteiger partial charge in [-0.05, 0) is 24.8 Å². The topological polar surface area (TPSA) is 55.6 Å². The molecular formula is C13H20N2O2S. The van der Waals surface area contributed by atoms with E-state index in [2.05, 4.69) is 6.92 Å². The van der Waals surface area contributed by atoms with Crippen LogP contribution in [-0.2, 0) is 0 Å². The van der Waals surface area contributed by atoms with Crippen molar-refractivity contribution in [3.63, 3.8) is 0 Å². The molecule has 1 fully saturated rings. The second-order valence-electron chi connectivity index (χ2n) is 4.86. The number of piperidine rings is 1. The smallest absolute Gasteiger partial charge is 0.264 e. The number of likely N-dealkylation sites (tertiary alicyclic amines) is 1. The molecule has 0 saturated carbocycles. The van der Waals surface area contributed by atoms with Crippen molar-refractivity contribution in [3.8, 4) is 5.75 Å². The molecule has 4 nitrogen and oxygen atoms in total. The average Bonchev–Trinajstić information content (AvgIpc) is 2.87. The number of nitrogens with two attached hydrogens (primary N) is 1. The van der Waals surface area contributed by atoms with Crippen molar-refractivity contribution in [3.05, 3.63) is 16.3 Å². The van der Waals surface area contributed by atoms with Gasteiger partial charge >= 0.3 is 0 Å². The van der Waals surface area contributed by atoms with Gasteiger partial charge in [-0.1, -0.05) is 6.92 Å². The lowest BCUT2D eigenvalue weighted by atomic mass is 9.87. The summed E-state index contributed by atoms with van der Waals surface area (Å²) in [5, 5.41) is 1.86. The summed E-state index contributed by atoms with van der Waals surface area (Å²) in [6.07, 6.45) is 1.04. The molecule has 1 saturated heterocycles. The van der Waals surface area contributed by atoms with Crippen LogP contribution in [0.1, 0.15) is 23.0 Å². The van der Waals surface area contributed by atoms with E-state index in [0.717, 1.165) is 30.1 Å². The van der Waals surface area contributed by atoms with Crippen LogP contribution in [0, 0.1) is 11.8 Å². The van der Waals surface area contributed by atoms with E-state index in [9.17, 15) is 4.79 Å². The van der Waals surface area contributed by atoms with E-state index in [1.54, 1.807) is 7.11 Å². The molecule has 0 aliphatic carbocycles. The first-order chi connectivity index (χ1) is 8.65. The maximum Gasteiger partial charge on any atom is 0.264 e. The maximum absolute atomic E-state index is 12.3. The van der Waals surface area contributed by atoms with Crippen molar-refractivity contribution in [2.75, 3.05) is 26.7 Å². The quantitative estimate of drug-likeness (QED) is 0.909. The van der Waals surface area contributed by atoms with Crippen molar-refractivity contribution in [1.82, 2.24) is 4.90 Å². The van der Waals surface area contributed by atoms with Gasteiger partial charge < -0.3 is 15.4 Å². The zero-order chi connectivity index (χ0) is 13.1. The van der Waals surface area contributed by atoms with Crippen LogP contribution in [0.4, 0.5) is 0 Å². The van der Waals surface area contributed by atoms with E-state index < -0.39 is 0 Å². The third-order valence-corrected chi connectivity index (χ3v) is 4.62. The zero-order valence-electron chi connectivity index (χ0n) is 10.9. The van der Waals surface area contributed by atoms with Crippen LogP contribution in [0.5, 0.6) is 5.75 Å². The first-order valence-electron chi connectivity index (χ1n) is 6.27. The summed E-state index contributed by atoms with van der Waals surface area (Å²) in [5.41, 5.74) is 5.76. The van der Waals surface area contributed by atoms with Gasteiger partial charge in [-0.15, -0.1) is 11.3 Å². The highest BCUT2D eigenvalue weighted by molar-refractivity contribution is 7.12. The molecule has 1 amide bonds. The van der Waals surface area contributed by atoms with E-state index in [1.807, 2.05) is 16.3 Å². The molecule has 1 aliphatic rings. The number of thiophene rings is 1. The Morgan fingerprint density at radius 3 is 3.06 bits per heavy atom. The molecule has 0 bridgehead atoms. The van der Waals surface area contributed by atoms with Crippen LogP contribution in [0.2, 0.25) is 0 Å². The largest absolute Gasteiger partial charge is 0.496 e. The van der Waals surface area contributed by atoms with Crippen molar-refractivity contribution in [1.29, 1.82) is 0 Å². The second-order valence-corrected chi connectivity index (χ2v) is 5.77. The van der Waals surface area contributed by atoms with Crippen LogP contribution in [0.25, 0.3) is 0 Å². The van der Waals surface area contributed by atoms with E-state index in [0.29, 0.717) is 18.4 Å². The Hall–Kier alpha value is -1.07. The van der Waals surface area contributed by atoms with Crippen LogP contribution < -0.4 is 10.5 Å². The third-order valence-electron chi connectivity index (χ3n) is 3.73. The number of carbonyl (C=O) groups excluding carboxylic acids is 1. The normalized spacial score (nSPS) is 24.1. The van der Waals surface area contributed by atoms with Gasteiger partial charge in [0.2, 0.25) is 0 Å². The van der Waals surface area contributed by atoms with E-state index >= 15 is 0 Å². The molecule has 0 aromatic carbocycles. The molecule has 2 rings (SSSR count). The molecule has 0 radical (unpaired) electrons. The molecule has 0 spiro atoms. The van der Waals surface area contributed by atoms with Crippen molar-refractivity contribution in [2.24, 2.45) is 17.6 Å². The van der Waals surface area contributed by atoms with Gasteiger partial charge in [0, 0.05) is 24.5 Å². The van der Waals surface area contributed by atoms with Crippen molar-refractivity contribution in [2.45, 2.75) is 13.3 Å². The molecule has 1 aliphatic heterocycles. The Balaban J connectivity index is 2.05. The first-order valence-corrected chi connectivity index (χ1v) is 7.15. The number of hydrogen-bond donors (Lipinski definition) is 1. The monoisotopic (exact) mass is 268 g/mol. The van der Waals surface area contributed by atoms with Gasteiger partial charge in [-0.25, -0.2) is 0 Å². The third kappa shape index (κ3) is 2.67. The molecular weight excluding hydrogens is 248 g/mol.